The molecule has 0 fully saturated rings. The largest absolute Gasteiger partial charge is 0.478 e. The average Bonchev–Trinajstić information content (AvgIpc) is 2.28. The van der Waals surface area contributed by atoms with E-state index in [1.807, 2.05) is 0 Å². The Labute approximate surface area is 123 Å². The Bertz CT molecular complexity index is 655. The van der Waals surface area contributed by atoms with Gasteiger partial charge in [-0.3, -0.25) is 0 Å². The Hall–Kier alpha value is -2.09. The van der Waals surface area contributed by atoms with Crippen molar-refractivity contribution in [1.82, 2.24) is 5.32 Å². The third-order valence-electron chi connectivity index (χ3n) is 2.66. The van der Waals surface area contributed by atoms with E-state index in [0.29, 0.717) is 11.3 Å². The van der Waals surface area contributed by atoms with Crippen LogP contribution in [-0.2, 0) is 9.84 Å². The molecule has 2 amide bonds. The summed E-state index contributed by atoms with van der Waals surface area (Å²) in [5, 5.41) is 13.9. The van der Waals surface area contributed by atoms with Gasteiger partial charge in [0.25, 0.3) is 0 Å². The van der Waals surface area contributed by atoms with Crippen LogP contribution in [0.4, 0.5) is 10.5 Å². The number of benzene rings is 1. The lowest BCUT2D eigenvalue weighted by atomic mass is 10.1. The van der Waals surface area contributed by atoms with Crippen molar-refractivity contribution in [1.29, 1.82) is 0 Å². The molecular formula is C13H18N2O5S. The number of hydrogen-bond acceptors (Lipinski definition) is 4. The molecule has 3 N–H and O–H groups in total. The fourth-order valence-electron chi connectivity index (χ4n) is 1.77. The first-order valence-electron chi connectivity index (χ1n) is 6.17. The zero-order chi connectivity index (χ0) is 16.2. The molecule has 0 saturated carbocycles. The molecule has 1 aromatic carbocycles. The van der Waals surface area contributed by atoms with E-state index >= 15 is 0 Å². The summed E-state index contributed by atoms with van der Waals surface area (Å²) in [5.41, 5.74) is 1.12. The Kier molecular flexibility index (Phi) is 5.31. The lowest BCUT2D eigenvalue weighted by Gasteiger charge is -2.15. The summed E-state index contributed by atoms with van der Waals surface area (Å²) >= 11 is 0. The van der Waals surface area contributed by atoms with Crippen molar-refractivity contribution in [2.45, 2.75) is 19.9 Å². The van der Waals surface area contributed by atoms with Gasteiger partial charge in [0.2, 0.25) is 0 Å². The molecule has 0 radical (unpaired) electrons. The third-order valence-corrected chi connectivity index (χ3v) is 3.77. The molecule has 0 aliphatic heterocycles. The lowest BCUT2D eigenvalue weighted by molar-refractivity contribution is 0.0697. The van der Waals surface area contributed by atoms with Crippen molar-refractivity contribution >= 4 is 27.5 Å². The van der Waals surface area contributed by atoms with E-state index < -0.39 is 27.9 Å². The molecule has 21 heavy (non-hydrogen) atoms. The van der Waals surface area contributed by atoms with E-state index in [0.717, 1.165) is 6.26 Å². The number of nitrogens with one attached hydrogen (secondary N) is 2. The van der Waals surface area contributed by atoms with E-state index in [1.165, 1.54) is 12.1 Å². The molecule has 1 unspecified atom stereocenters. The summed E-state index contributed by atoms with van der Waals surface area (Å²) < 4.78 is 22.2. The number of aromatic carboxylic acids is 1. The van der Waals surface area contributed by atoms with E-state index in [4.69, 9.17) is 5.11 Å². The molecule has 0 bridgehead atoms. The number of sulfone groups is 1. The number of carbonyl (C=O) groups excluding carboxylic acids is 1. The molecule has 0 saturated heterocycles. The van der Waals surface area contributed by atoms with Crippen LogP contribution < -0.4 is 10.6 Å². The molecular weight excluding hydrogens is 296 g/mol. The number of amides is 2. The van der Waals surface area contributed by atoms with Crippen molar-refractivity contribution in [3.05, 3.63) is 29.3 Å². The number of rotatable bonds is 5. The maximum atomic E-state index is 11.8. The molecule has 7 nitrogen and oxygen atoms in total. The van der Waals surface area contributed by atoms with Gasteiger partial charge in [0.15, 0.2) is 0 Å². The van der Waals surface area contributed by atoms with Crippen molar-refractivity contribution in [3.8, 4) is 0 Å². The SMILES string of the molecule is Cc1ccc(C(=O)O)cc1NC(=O)NC(C)CS(C)(=O)=O. The minimum Gasteiger partial charge on any atom is -0.478 e. The molecule has 0 aromatic heterocycles. The van der Waals surface area contributed by atoms with Crippen LogP contribution in [0.25, 0.3) is 0 Å². The molecule has 0 aliphatic carbocycles. The normalized spacial score (nSPS) is 12.5. The molecule has 116 valence electrons. The second kappa shape index (κ2) is 6.57. The predicted octanol–water partition coefficient (Wildman–Crippen LogP) is 1.25. The van der Waals surface area contributed by atoms with E-state index in [-0.39, 0.29) is 11.3 Å². The summed E-state index contributed by atoms with van der Waals surface area (Å²) in [7, 11) is -3.19. The van der Waals surface area contributed by atoms with Crippen LogP contribution in [0.15, 0.2) is 18.2 Å². The van der Waals surface area contributed by atoms with Crippen LogP contribution in [0.5, 0.6) is 0 Å². The van der Waals surface area contributed by atoms with Gasteiger partial charge in [-0.25, -0.2) is 18.0 Å². The maximum absolute atomic E-state index is 11.8. The van der Waals surface area contributed by atoms with Crippen molar-refractivity contribution < 1.29 is 23.1 Å². The van der Waals surface area contributed by atoms with Crippen LogP contribution in [0.2, 0.25) is 0 Å². The first-order valence-corrected chi connectivity index (χ1v) is 8.23. The summed E-state index contributed by atoms with van der Waals surface area (Å²) in [6, 6.07) is 3.23. The number of aryl methyl sites for hydroxylation is 1. The Morgan fingerprint density at radius 1 is 1.33 bits per heavy atom. The number of carbonyl (C=O) groups is 2. The number of urea groups is 1. The Morgan fingerprint density at radius 2 is 1.95 bits per heavy atom. The minimum atomic E-state index is -3.19. The zero-order valence-corrected chi connectivity index (χ0v) is 12.8. The number of anilines is 1. The second-order valence-electron chi connectivity index (χ2n) is 4.93. The van der Waals surface area contributed by atoms with Crippen LogP contribution in [-0.4, -0.2) is 43.6 Å². The van der Waals surface area contributed by atoms with Gasteiger partial charge in [-0.05, 0) is 31.5 Å². The van der Waals surface area contributed by atoms with Crippen molar-refractivity contribution in [2.24, 2.45) is 0 Å². The number of carboxylic acids is 1. The fourth-order valence-corrected chi connectivity index (χ4v) is 2.76. The second-order valence-corrected chi connectivity index (χ2v) is 7.11. The zero-order valence-electron chi connectivity index (χ0n) is 12.0. The topological polar surface area (TPSA) is 113 Å². The standard InChI is InChI=1S/C13H18N2O5S/c1-8-4-5-10(12(16)17)6-11(8)15-13(18)14-9(2)7-21(3,19)20/h4-6,9H,7H2,1-3H3,(H,16,17)(H2,14,15,18). The summed E-state index contributed by atoms with van der Waals surface area (Å²) in [5.74, 6) is -1.27. The highest BCUT2D eigenvalue weighted by Crippen LogP contribution is 2.16. The first kappa shape index (κ1) is 17.0. The van der Waals surface area contributed by atoms with Gasteiger partial charge in [-0.1, -0.05) is 6.07 Å². The minimum absolute atomic E-state index is 0.0556. The molecule has 0 heterocycles. The molecule has 1 rings (SSSR count). The van der Waals surface area contributed by atoms with Gasteiger partial charge >= 0.3 is 12.0 Å². The number of carboxylic acid groups (broad SMARTS) is 1. The molecule has 0 spiro atoms. The fraction of sp³-hybridized carbons (Fsp3) is 0.385. The van der Waals surface area contributed by atoms with E-state index in [1.54, 1.807) is 19.9 Å². The quantitative estimate of drug-likeness (QED) is 0.757. The monoisotopic (exact) mass is 314 g/mol. The average molecular weight is 314 g/mol. The summed E-state index contributed by atoms with van der Waals surface area (Å²) in [4.78, 5) is 22.7. The Balaban J connectivity index is 2.75. The molecule has 0 aliphatic rings. The molecule has 1 atom stereocenters. The summed E-state index contributed by atoms with van der Waals surface area (Å²) in [6.45, 7) is 3.29. The van der Waals surface area contributed by atoms with Gasteiger partial charge in [-0.15, -0.1) is 0 Å². The van der Waals surface area contributed by atoms with Crippen LogP contribution >= 0.6 is 0 Å². The van der Waals surface area contributed by atoms with Gasteiger partial charge < -0.3 is 15.7 Å². The van der Waals surface area contributed by atoms with E-state index in [9.17, 15) is 18.0 Å². The van der Waals surface area contributed by atoms with Gasteiger partial charge in [0.05, 0.1) is 11.3 Å². The van der Waals surface area contributed by atoms with Gasteiger partial charge in [-0.2, -0.15) is 0 Å². The highest BCUT2D eigenvalue weighted by molar-refractivity contribution is 7.90. The highest BCUT2D eigenvalue weighted by Gasteiger charge is 2.14. The van der Waals surface area contributed by atoms with E-state index in [2.05, 4.69) is 10.6 Å². The molecule has 1 aromatic rings. The predicted molar refractivity (Wildman–Crippen MR) is 79.5 cm³/mol. The summed E-state index contributed by atoms with van der Waals surface area (Å²) in [6.07, 6.45) is 1.09. The van der Waals surface area contributed by atoms with Gasteiger partial charge in [0.1, 0.15) is 9.84 Å². The van der Waals surface area contributed by atoms with Gasteiger partial charge in [0, 0.05) is 18.0 Å². The van der Waals surface area contributed by atoms with Crippen molar-refractivity contribution in [2.75, 3.05) is 17.3 Å². The first-order chi connectivity index (χ1) is 9.58. The molecule has 8 heteroatoms. The lowest BCUT2D eigenvalue weighted by Crippen LogP contribution is -2.40. The highest BCUT2D eigenvalue weighted by atomic mass is 32.2. The smallest absolute Gasteiger partial charge is 0.335 e. The van der Waals surface area contributed by atoms with Crippen LogP contribution in [0, 0.1) is 6.92 Å². The van der Waals surface area contributed by atoms with Crippen LogP contribution in [0.3, 0.4) is 0 Å². The Morgan fingerprint density at radius 3 is 2.48 bits per heavy atom. The third kappa shape index (κ3) is 5.82. The van der Waals surface area contributed by atoms with Crippen LogP contribution in [0.1, 0.15) is 22.8 Å². The number of hydrogen-bond donors (Lipinski definition) is 3. The maximum Gasteiger partial charge on any atom is 0.335 e. The van der Waals surface area contributed by atoms with Crippen molar-refractivity contribution in [3.63, 3.8) is 0 Å².